The van der Waals surface area contributed by atoms with Crippen molar-refractivity contribution in [1.82, 2.24) is 5.32 Å². The van der Waals surface area contributed by atoms with Crippen molar-refractivity contribution in [2.24, 2.45) is 29.1 Å². The molecule has 3 fully saturated rings. The molecule has 7 heteroatoms. The van der Waals surface area contributed by atoms with Gasteiger partial charge in [-0.1, -0.05) is 83.7 Å². The normalized spacial score (nSPS) is 40.3. The quantitative estimate of drug-likeness (QED) is 0.220. The molecule has 1 saturated carbocycles. The van der Waals surface area contributed by atoms with E-state index in [0.717, 1.165) is 11.1 Å². The van der Waals surface area contributed by atoms with E-state index in [-0.39, 0.29) is 46.6 Å². The predicted molar refractivity (Wildman–Crippen MR) is 177 cm³/mol. The van der Waals surface area contributed by atoms with E-state index in [1.54, 1.807) is 6.08 Å². The second-order valence-electron chi connectivity index (χ2n) is 15.9. The molecule has 1 aromatic rings. The third-order valence-corrected chi connectivity index (χ3v) is 15.8. The van der Waals surface area contributed by atoms with E-state index in [1.165, 1.54) is 0 Å². The first kappa shape index (κ1) is 33.1. The first-order chi connectivity index (χ1) is 20.3. The minimum Gasteiger partial charge on any atom is -0.410 e. The van der Waals surface area contributed by atoms with Gasteiger partial charge in [0.05, 0.1) is 12.2 Å². The number of carbonyl (C=O) groups excluding carboxylic acids is 2. The first-order valence-electron chi connectivity index (χ1n) is 16.3. The number of amides is 1. The molecule has 44 heavy (non-hydrogen) atoms. The van der Waals surface area contributed by atoms with Crippen LogP contribution in [0.2, 0.25) is 18.1 Å². The van der Waals surface area contributed by atoms with Crippen molar-refractivity contribution in [3.63, 3.8) is 0 Å². The van der Waals surface area contributed by atoms with E-state index < -0.39 is 37.1 Å². The SMILES string of the molecule is C=C1[C@@H](C)[C@H]2[C@H](Cc3ccccc3)NC(=O)[C@]23C(=O)/C=C/[C@@]2(C)OC(C)(C)O[C@@H]2[C@@H](C)C/C=C/[C@H]3[C@@H]1O[Si](C)(C)C(C)(C)C. The number of fused-ring (bicyclic) bond motifs is 1. The molecule has 2 aliphatic heterocycles. The summed E-state index contributed by atoms with van der Waals surface area (Å²) in [7, 11) is -2.33. The molecule has 0 unspecified atom stereocenters. The molecular formula is C37H53NO5Si. The standard InChI is InChI=1S/C37H53NO5Si/c1-23-16-15-19-27-31(42-44(10,11)34(4,5)6)25(3)24(2)30-28(22-26-17-13-12-14-18-26)38-33(40)37(27,30)29(39)20-21-36(9)32(23)41-35(7,8)43-36/h12-15,17-21,23-24,27-28,30-32H,3,16,22H2,1-2,4-11H3,(H,38,40)/b19-15+,21-20+/t23-,24+,27-,28-,30-,31+,32+,36+,37+/m0/s1. The highest BCUT2D eigenvalue weighted by Crippen LogP contribution is 2.58. The van der Waals surface area contributed by atoms with Crippen LogP contribution in [0.25, 0.3) is 0 Å². The fourth-order valence-corrected chi connectivity index (χ4v) is 9.38. The fraction of sp³-hybridized carbons (Fsp3) is 0.622. The second-order valence-corrected chi connectivity index (χ2v) is 20.7. The Labute approximate surface area is 265 Å². The third-order valence-electron chi connectivity index (χ3n) is 11.3. The van der Waals surface area contributed by atoms with Gasteiger partial charge in [0.2, 0.25) is 5.91 Å². The molecule has 240 valence electrons. The number of allylic oxidation sites excluding steroid dienone is 2. The van der Waals surface area contributed by atoms with Crippen molar-refractivity contribution < 1.29 is 23.5 Å². The van der Waals surface area contributed by atoms with Crippen LogP contribution in [-0.4, -0.2) is 49.6 Å². The van der Waals surface area contributed by atoms with Crippen LogP contribution in [0.4, 0.5) is 0 Å². The largest absolute Gasteiger partial charge is 0.410 e. The van der Waals surface area contributed by atoms with Gasteiger partial charge in [-0.05, 0) is 86.9 Å². The lowest BCUT2D eigenvalue weighted by Gasteiger charge is -2.53. The molecule has 4 aliphatic rings. The smallest absolute Gasteiger partial charge is 0.235 e. The average molecular weight is 620 g/mol. The number of ether oxygens (including phenoxy) is 2. The summed E-state index contributed by atoms with van der Waals surface area (Å²) in [4.78, 5) is 29.6. The molecule has 2 aliphatic carbocycles. The lowest BCUT2D eigenvalue weighted by molar-refractivity contribution is -0.156. The maximum absolute atomic E-state index is 15.0. The molecule has 5 rings (SSSR count). The molecule has 1 aromatic carbocycles. The number of nitrogens with one attached hydrogen (secondary N) is 1. The van der Waals surface area contributed by atoms with Gasteiger partial charge in [-0.3, -0.25) is 9.59 Å². The molecule has 2 saturated heterocycles. The van der Waals surface area contributed by atoms with Gasteiger partial charge in [0.1, 0.15) is 11.0 Å². The number of benzene rings is 1. The van der Waals surface area contributed by atoms with Crippen LogP contribution in [0.15, 0.2) is 66.8 Å². The molecule has 2 heterocycles. The predicted octanol–water partition coefficient (Wildman–Crippen LogP) is 7.17. The van der Waals surface area contributed by atoms with Gasteiger partial charge in [0, 0.05) is 17.9 Å². The summed E-state index contributed by atoms with van der Waals surface area (Å²) in [5, 5.41) is 3.28. The monoisotopic (exact) mass is 619 g/mol. The van der Waals surface area contributed by atoms with E-state index in [2.05, 4.69) is 83.9 Å². The van der Waals surface area contributed by atoms with Crippen molar-refractivity contribution >= 4 is 20.0 Å². The lowest BCUT2D eigenvalue weighted by atomic mass is 9.52. The Morgan fingerprint density at radius 2 is 1.75 bits per heavy atom. The zero-order valence-electron chi connectivity index (χ0n) is 28.4. The topological polar surface area (TPSA) is 73.9 Å². The molecule has 0 bridgehead atoms. The Balaban J connectivity index is 1.69. The average Bonchev–Trinajstić information content (AvgIpc) is 3.35. The summed E-state index contributed by atoms with van der Waals surface area (Å²) in [6.07, 6.45) is 8.37. The molecule has 9 atom stereocenters. The Bertz CT molecular complexity index is 1360. The first-order valence-corrected chi connectivity index (χ1v) is 19.2. The molecule has 1 N–H and O–H groups in total. The highest BCUT2D eigenvalue weighted by atomic mass is 28.4. The third kappa shape index (κ3) is 5.42. The van der Waals surface area contributed by atoms with E-state index in [4.69, 9.17) is 13.9 Å². The van der Waals surface area contributed by atoms with Crippen LogP contribution < -0.4 is 5.32 Å². The summed E-state index contributed by atoms with van der Waals surface area (Å²) < 4.78 is 20.0. The number of ketones is 1. The Kier molecular flexibility index (Phi) is 8.40. The molecule has 0 aromatic heterocycles. The minimum atomic E-state index is -2.33. The zero-order valence-corrected chi connectivity index (χ0v) is 29.4. The van der Waals surface area contributed by atoms with Crippen molar-refractivity contribution in [2.75, 3.05) is 0 Å². The number of rotatable bonds is 4. The second kappa shape index (κ2) is 11.2. The van der Waals surface area contributed by atoms with Gasteiger partial charge in [-0.25, -0.2) is 0 Å². The maximum atomic E-state index is 15.0. The molecule has 1 amide bonds. The molecule has 1 spiro atoms. The number of carbonyl (C=O) groups is 2. The summed E-state index contributed by atoms with van der Waals surface area (Å²) in [5.74, 6) is -2.02. The molecule has 6 nitrogen and oxygen atoms in total. The zero-order chi connectivity index (χ0) is 32.5. The molecular weight excluding hydrogens is 566 g/mol. The number of hydrogen-bond acceptors (Lipinski definition) is 5. The Morgan fingerprint density at radius 3 is 2.39 bits per heavy atom. The van der Waals surface area contributed by atoms with Crippen LogP contribution in [0.5, 0.6) is 0 Å². The van der Waals surface area contributed by atoms with E-state index >= 15 is 0 Å². The van der Waals surface area contributed by atoms with Crippen LogP contribution in [-0.2, 0) is 29.9 Å². The van der Waals surface area contributed by atoms with Crippen molar-refractivity contribution in [2.45, 2.75) is 116 Å². The summed E-state index contributed by atoms with van der Waals surface area (Å²) in [6, 6.07) is 9.98. The van der Waals surface area contributed by atoms with Gasteiger partial charge in [-0.2, -0.15) is 0 Å². The minimum absolute atomic E-state index is 0.0581. The summed E-state index contributed by atoms with van der Waals surface area (Å²) in [5.41, 5.74) is -0.0784. The Hall–Kier alpha value is -2.32. The van der Waals surface area contributed by atoms with Gasteiger partial charge < -0.3 is 19.2 Å². The summed E-state index contributed by atoms with van der Waals surface area (Å²) >= 11 is 0. The van der Waals surface area contributed by atoms with Crippen LogP contribution in [0.1, 0.15) is 67.4 Å². The van der Waals surface area contributed by atoms with Crippen LogP contribution in [0.3, 0.4) is 0 Å². The highest BCUT2D eigenvalue weighted by molar-refractivity contribution is 6.74. The van der Waals surface area contributed by atoms with Gasteiger partial charge in [0.15, 0.2) is 19.9 Å². The van der Waals surface area contributed by atoms with E-state index in [0.29, 0.717) is 12.8 Å². The fourth-order valence-electron chi connectivity index (χ4n) is 8.09. The van der Waals surface area contributed by atoms with E-state index in [1.807, 2.05) is 45.0 Å². The van der Waals surface area contributed by atoms with Gasteiger partial charge in [-0.15, -0.1) is 0 Å². The highest BCUT2D eigenvalue weighted by Gasteiger charge is 2.69. The van der Waals surface area contributed by atoms with E-state index in [9.17, 15) is 9.59 Å². The number of hydrogen-bond donors (Lipinski definition) is 1. The maximum Gasteiger partial charge on any atom is 0.235 e. The van der Waals surface area contributed by atoms with Crippen LogP contribution >= 0.6 is 0 Å². The van der Waals surface area contributed by atoms with Crippen LogP contribution in [0, 0.1) is 29.1 Å². The van der Waals surface area contributed by atoms with Crippen molar-refractivity contribution in [1.29, 1.82) is 0 Å². The Morgan fingerprint density at radius 1 is 1.09 bits per heavy atom. The van der Waals surface area contributed by atoms with Gasteiger partial charge in [0.25, 0.3) is 0 Å². The lowest BCUT2D eigenvalue weighted by Crippen LogP contribution is -2.60. The van der Waals surface area contributed by atoms with Crippen molar-refractivity contribution in [3.8, 4) is 0 Å². The van der Waals surface area contributed by atoms with Gasteiger partial charge >= 0.3 is 0 Å². The molecule has 0 radical (unpaired) electrons. The van der Waals surface area contributed by atoms with Crippen molar-refractivity contribution in [3.05, 3.63) is 72.4 Å². The summed E-state index contributed by atoms with van der Waals surface area (Å²) in [6.45, 7) is 25.9.